The molecule has 0 bridgehead atoms. The van der Waals surface area contributed by atoms with Crippen LogP contribution < -0.4 is 0 Å². The Balaban J connectivity index is 0.000000181. The van der Waals surface area contributed by atoms with E-state index in [1.54, 1.807) is 72.8 Å². The second-order valence-electron chi connectivity index (χ2n) is 15.6. The van der Waals surface area contributed by atoms with Crippen LogP contribution in [0, 0.1) is 23.7 Å². The summed E-state index contributed by atoms with van der Waals surface area (Å²) in [5.41, 5.74) is 5.39. The number of ketones is 4. The third-order valence-electron chi connectivity index (χ3n) is 12.2. The van der Waals surface area contributed by atoms with Crippen LogP contribution in [0.1, 0.15) is 101 Å². The van der Waals surface area contributed by atoms with Gasteiger partial charge in [0.1, 0.15) is 11.6 Å². The topological polar surface area (TPSA) is 143 Å². The van der Waals surface area contributed by atoms with Gasteiger partial charge in [-0.3, -0.25) is 19.2 Å². The van der Waals surface area contributed by atoms with E-state index in [9.17, 15) is 39.0 Å². The average Bonchev–Trinajstić information content (AvgIpc) is 3.24. The number of carbonyl (C=O) groups is 6. The van der Waals surface area contributed by atoms with Crippen LogP contribution in [0.2, 0.25) is 0 Å². The van der Waals surface area contributed by atoms with Gasteiger partial charge in [0, 0.05) is 58.5 Å². The highest BCUT2D eigenvalue weighted by Crippen LogP contribution is 2.60. The standard InChI is InChI=1S/2C26H22O4/c2*1-16(27)21-22(18-12-14-20(15-13-18)26(29)30)23(17-8-4-2-5-9-17)24(21)25(28)19-10-6-3-7-11-19/h2*2-15,21-24H,1H3,(H,29,30)/t21-,22-,23+,24+;21-,22-,23-,24?/m10/s1. The van der Waals surface area contributed by atoms with Gasteiger partial charge in [0.15, 0.2) is 11.6 Å². The number of rotatable bonds is 12. The summed E-state index contributed by atoms with van der Waals surface area (Å²) in [4.78, 5) is 74.6. The molecule has 2 N–H and O–H groups in total. The quantitative estimate of drug-likeness (QED) is 0.117. The van der Waals surface area contributed by atoms with Crippen molar-refractivity contribution in [2.75, 3.05) is 0 Å². The summed E-state index contributed by atoms with van der Waals surface area (Å²) in [7, 11) is 0. The van der Waals surface area contributed by atoms with Crippen LogP contribution in [0.3, 0.4) is 0 Å². The van der Waals surface area contributed by atoms with Gasteiger partial charge in [-0.2, -0.15) is 0 Å². The summed E-state index contributed by atoms with van der Waals surface area (Å²) in [5, 5.41) is 18.4. The molecule has 300 valence electrons. The first-order valence-electron chi connectivity index (χ1n) is 19.9. The Labute approximate surface area is 348 Å². The SMILES string of the molecule is CC(=O)[C@@H]1C(C(=O)c2ccccc2)[C@@H](c2ccccc2)[C@H]1c1ccc(C(=O)O)cc1.CC(=O)[C@H]1[C@H](C(=O)c2ccccc2)[C@@H](c2ccccc2)[C@@H]1c1ccc(C(=O)O)cc1. The Bertz CT molecular complexity index is 2320. The van der Waals surface area contributed by atoms with Crippen molar-refractivity contribution < 1.29 is 39.0 Å². The lowest BCUT2D eigenvalue weighted by Crippen LogP contribution is -2.50. The van der Waals surface area contributed by atoms with Crippen LogP contribution in [-0.4, -0.2) is 45.3 Å². The molecular formula is C52H44O8. The van der Waals surface area contributed by atoms with E-state index < -0.39 is 35.6 Å². The van der Waals surface area contributed by atoms with Gasteiger partial charge in [0.2, 0.25) is 0 Å². The monoisotopic (exact) mass is 796 g/mol. The number of carboxylic acids is 2. The Kier molecular flexibility index (Phi) is 12.2. The van der Waals surface area contributed by atoms with Crippen molar-refractivity contribution in [1.82, 2.24) is 0 Å². The third-order valence-corrected chi connectivity index (χ3v) is 12.2. The molecule has 8 heteroatoms. The number of hydrogen-bond acceptors (Lipinski definition) is 6. The first-order chi connectivity index (χ1) is 29.0. The maximum atomic E-state index is 13.4. The summed E-state index contributed by atoms with van der Waals surface area (Å²) in [6, 6.07) is 51.1. The molecule has 2 saturated carbocycles. The minimum Gasteiger partial charge on any atom is -0.478 e. The van der Waals surface area contributed by atoms with E-state index >= 15 is 0 Å². The van der Waals surface area contributed by atoms with Gasteiger partial charge in [-0.25, -0.2) is 9.59 Å². The molecule has 0 spiro atoms. The molecule has 0 amide bonds. The van der Waals surface area contributed by atoms with Crippen LogP contribution in [0.4, 0.5) is 0 Å². The van der Waals surface area contributed by atoms with Crippen LogP contribution in [0.25, 0.3) is 0 Å². The van der Waals surface area contributed by atoms with Gasteiger partial charge in [-0.05, 0) is 60.4 Å². The summed E-state index contributed by atoms with van der Waals surface area (Å²) < 4.78 is 0. The zero-order valence-corrected chi connectivity index (χ0v) is 33.1. The van der Waals surface area contributed by atoms with E-state index in [-0.39, 0.29) is 57.9 Å². The lowest BCUT2D eigenvalue weighted by atomic mass is 9.50. The number of carbonyl (C=O) groups excluding carboxylic acids is 4. The van der Waals surface area contributed by atoms with Crippen molar-refractivity contribution in [2.45, 2.75) is 37.5 Å². The molecular weight excluding hydrogens is 753 g/mol. The predicted octanol–water partition coefficient (Wildman–Crippen LogP) is 9.94. The molecule has 0 heterocycles. The van der Waals surface area contributed by atoms with Crippen molar-refractivity contribution in [1.29, 1.82) is 0 Å². The Morgan fingerprint density at radius 3 is 0.833 bits per heavy atom. The molecule has 2 aliphatic rings. The molecule has 0 aliphatic heterocycles. The Morgan fingerprint density at radius 1 is 0.317 bits per heavy atom. The molecule has 6 aromatic rings. The van der Waals surface area contributed by atoms with Crippen molar-refractivity contribution >= 4 is 35.1 Å². The van der Waals surface area contributed by atoms with Gasteiger partial charge in [-0.15, -0.1) is 0 Å². The Hall–Kier alpha value is -7.06. The normalized spacial score (nSPS) is 22.7. The van der Waals surface area contributed by atoms with E-state index in [1.807, 2.05) is 97.1 Å². The van der Waals surface area contributed by atoms with Crippen LogP contribution in [-0.2, 0) is 9.59 Å². The molecule has 2 fully saturated rings. The zero-order valence-electron chi connectivity index (χ0n) is 33.1. The number of aromatic carboxylic acids is 2. The molecule has 6 aromatic carbocycles. The molecule has 0 radical (unpaired) electrons. The fourth-order valence-corrected chi connectivity index (χ4v) is 9.45. The number of hydrogen-bond donors (Lipinski definition) is 2. The van der Waals surface area contributed by atoms with E-state index in [4.69, 9.17) is 0 Å². The number of Topliss-reactive ketones (excluding diaryl/α,β-unsaturated/α-hetero) is 4. The van der Waals surface area contributed by atoms with Gasteiger partial charge in [-0.1, -0.05) is 146 Å². The Morgan fingerprint density at radius 2 is 0.567 bits per heavy atom. The highest BCUT2D eigenvalue weighted by atomic mass is 16.4. The minimum absolute atomic E-state index is 0.0243. The van der Waals surface area contributed by atoms with Crippen molar-refractivity contribution in [3.63, 3.8) is 0 Å². The molecule has 60 heavy (non-hydrogen) atoms. The maximum absolute atomic E-state index is 13.4. The maximum Gasteiger partial charge on any atom is 0.335 e. The van der Waals surface area contributed by atoms with Crippen molar-refractivity contribution in [2.24, 2.45) is 23.7 Å². The smallest absolute Gasteiger partial charge is 0.335 e. The summed E-state index contributed by atoms with van der Waals surface area (Å²) in [6.07, 6.45) is 0. The molecule has 1 unspecified atom stereocenters. The number of benzene rings is 6. The first kappa shape index (κ1) is 41.1. The van der Waals surface area contributed by atoms with Crippen molar-refractivity contribution in [3.05, 3.63) is 214 Å². The van der Waals surface area contributed by atoms with E-state index in [0.717, 1.165) is 22.3 Å². The molecule has 8 atom stereocenters. The van der Waals surface area contributed by atoms with E-state index in [2.05, 4.69) is 0 Å². The van der Waals surface area contributed by atoms with E-state index in [0.29, 0.717) is 11.1 Å². The second kappa shape index (κ2) is 17.8. The van der Waals surface area contributed by atoms with Crippen LogP contribution in [0.15, 0.2) is 170 Å². The van der Waals surface area contributed by atoms with Gasteiger partial charge >= 0.3 is 11.9 Å². The predicted molar refractivity (Wildman–Crippen MR) is 228 cm³/mol. The summed E-state index contributed by atoms with van der Waals surface area (Å²) in [5.74, 6) is -4.52. The summed E-state index contributed by atoms with van der Waals surface area (Å²) in [6.45, 7) is 3.07. The molecule has 8 nitrogen and oxygen atoms in total. The molecule has 0 aromatic heterocycles. The molecule has 2 aliphatic carbocycles. The number of carboxylic acid groups (broad SMARTS) is 2. The largest absolute Gasteiger partial charge is 0.478 e. The van der Waals surface area contributed by atoms with Crippen LogP contribution >= 0.6 is 0 Å². The first-order valence-corrected chi connectivity index (χ1v) is 19.9. The molecule has 8 rings (SSSR count). The minimum atomic E-state index is -0.991. The van der Waals surface area contributed by atoms with E-state index in [1.165, 1.54) is 13.8 Å². The highest BCUT2D eigenvalue weighted by molar-refractivity contribution is 6.04. The lowest BCUT2D eigenvalue weighted by Gasteiger charge is -2.51. The third kappa shape index (κ3) is 8.14. The highest BCUT2D eigenvalue weighted by Gasteiger charge is 2.58. The van der Waals surface area contributed by atoms with Gasteiger partial charge < -0.3 is 10.2 Å². The second-order valence-corrected chi connectivity index (χ2v) is 15.6. The molecule has 0 saturated heterocycles. The average molecular weight is 797 g/mol. The van der Waals surface area contributed by atoms with Crippen molar-refractivity contribution in [3.8, 4) is 0 Å². The zero-order chi connectivity index (χ0) is 42.5. The van der Waals surface area contributed by atoms with Gasteiger partial charge in [0.25, 0.3) is 0 Å². The lowest BCUT2D eigenvalue weighted by molar-refractivity contribution is -0.128. The van der Waals surface area contributed by atoms with Gasteiger partial charge in [0.05, 0.1) is 11.1 Å². The summed E-state index contributed by atoms with van der Waals surface area (Å²) >= 11 is 0. The van der Waals surface area contributed by atoms with Crippen LogP contribution in [0.5, 0.6) is 0 Å². The fourth-order valence-electron chi connectivity index (χ4n) is 9.45. The fraction of sp³-hybridized carbons (Fsp3) is 0.192.